The minimum atomic E-state index is -0.581. The van der Waals surface area contributed by atoms with Crippen LogP contribution in [0.5, 0.6) is 11.5 Å². The first-order chi connectivity index (χ1) is 11.0. The van der Waals surface area contributed by atoms with Crippen molar-refractivity contribution in [2.24, 2.45) is 0 Å². The van der Waals surface area contributed by atoms with Crippen molar-refractivity contribution in [3.05, 3.63) is 53.6 Å². The molecule has 0 radical (unpaired) electrons. The highest BCUT2D eigenvalue weighted by molar-refractivity contribution is 5.94. The van der Waals surface area contributed by atoms with Gasteiger partial charge in [0.25, 0.3) is 5.91 Å². The summed E-state index contributed by atoms with van der Waals surface area (Å²) in [5, 5.41) is 2.85. The van der Waals surface area contributed by atoms with Gasteiger partial charge in [-0.25, -0.2) is 0 Å². The Hall–Kier alpha value is -2.49. The Morgan fingerprint density at radius 3 is 2.48 bits per heavy atom. The van der Waals surface area contributed by atoms with Gasteiger partial charge >= 0.3 is 0 Å². The normalized spacial score (nSPS) is 11.7. The van der Waals surface area contributed by atoms with Gasteiger partial charge < -0.3 is 14.8 Å². The average molecular weight is 313 g/mol. The smallest absolute Gasteiger partial charge is 0.265 e. The number of aryl methyl sites for hydroxylation is 1. The molecular formula is C19H23NO3. The first-order valence-corrected chi connectivity index (χ1v) is 7.78. The zero-order valence-corrected chi connectivity index (χ0v) is 14.1. The van der Waals surface area contributed by atoms with Gasteiger partial charge in [-0.05, 0) is 69.2 Å². The van der Waals surface area contributed by atoms with Crippen LogP contribution in [0.4, 0.5) is 5.69 Å². The van der Waals surface area contributed by atoms with E-state index in [1.807, 2.05) is 63.2 Å². The van der Waals surface area contributed by atoms with Crippen LogP contribution in [-0.2, 0) is 4.79 Å². The highest BCUT2D eigenvalue weighted by Crippen LogP contribution is 2.22. The molecule has 0 bridgehead atoms. The van der Waals surface area contributed by atoms with Crippen LogP contribution in [0.15, 0.2) is 42.5 Å². The number of hydrogen-bond acceptors (Lipinski definition) is 3. The van der Waals surface area contributed by atoms with Crippen molar-refractivity contribution in [1.82, 2.24) is 0 Å². The Balaban J connectivity index is 1.98. The molecule has 0 saturated heterocycles. The molecule has 0 aliphatic heterocycles. The molecule has 0 aliphatic rings. The zero-order valence-electron chi connectivity index (χ0n) is 14.1. The summed E-state index contributed by atoms with van der Waals surface area (Å²) in [7, 11) is 0. The molecule has 0 spiro atoms. The number of nitrogens with one attached hydrogen (secondary N) is 1. The quantitative estimate of drug-likeness (QED) is 0.873. The van der Waals surface area contributed by atoms with Gasteiger partial charge in [0.1, 0.15) is 11.5 Å². The molecule has 1 atom stereocenters. The van der Waals surface area contributed by atoms with Gasteiger partial charge in [-0.3, -0.25) is 4.79 Å². The molecule has 0 aliphatic carbocycles. The van der Waals surface area contributed by atoms with Crippen molar-refractivity contribution in [3.8, 4) is 11.5 Å². The van der Waals surface area contributed by atoms with E-state index in [1.165, 1.54) is 0 Å². The first-order valence-electron chi connectivity index (χ1n) is 7.78. The number of rotatable bonds is 6. The molecule has 2 aromatic carbocycles. The van der Waals surface area contributed by atoms with Gasteiger partial charge in [0.05, 0.1) is 6.61 Å². The molecule has 0 saturated carbocycles. The van der Waals surface area contributed by atoms with E-state index in [1.54, 1.807) is 6.92 Å². The highest BCUT2D eigenvalue weighted by Gasteiger charge is 2.16. The van der Waals surface area contributed by atoms with Crippen LogP contribution in [0.25, 0.3) is 0 Å². The van der Waals surface area contributed by atoms with Gasteiger partial charge in [-0.1, -0.05) is 12.1 Å². The van der Waals surface area contributed by atoms with E-state index in [0.717, 1.165) is 28.3 Å². The molecule has 0 heterocycles. The van der Waals surface area contributed by atoms with Gasteiger partial charge in [-0.2, -0.15) is 0 Å². The minimum absolute atomic E-state index is 0.185. The molecule has 0 aromatic heterocycles. The number of carbonyl (C=O) groups is 1. The molecule has 2 rings (SSSR count). The Morgan fingerprint density at radius 2 is 1.83 bits per heavy atom. The summed E-state index contributed by atoms with van der Waals surface area (Å²) in [5.41, 5.74) is 2.91. The van der Waals surface area contributed by atoms with Crippen molar-refractivity contribution < 1.29 is 14.3 Å². The Kier molecular flexibility index (Phi) is 5.63. The summed E-state index contributed by atoms with van der Waals surface area (Å²) in [6, 6.07) is 13.1. The van der Waals surface area contributed by atoms with Crippen LogP contribution < -0.4 is 14.8 Å². The van der Waals surface area contributed by atoms with Crippen LogP contribution in [0.3, 0.4) is 0 Å². The summed E-state index contributed by atoms with van der Waals surface area (Å²) >= 11 is 0. The van der Waals surface area contributed by atoms with Gasteiger partial charge in [0.15, 0.2) is 6.10 Å². The molecule has 23 heavy (non-hydrogen) atoms. The Bertz CT molecular complexity index is 665. The minimum Gasteiger partial charge on any atom is -0.494 e. The standard InChI is InChI=1S/C19H23NO3/c1-5-22-17-11-9-16(10-12-17)20-19(21)15(4)23-18-8-6-7-13(2)14(18)3/h6-12,15H,5H2,1-4H3,(H,20,21)/t15-/m0/s1. The second kappa shape index (κ2) is 7.68. The molecular weight excluding hydrogens is 290 g/mol. The Morgan fingerprint density at radius 1 is 1.13 bits per heavy atom. The number of carbonyl (C=O) groups excluding carboxylic acids is 1. The van der Waals surface area contributed by atoms with Crippen LogP contribution in [-0.4, -0.2) is 18.6 Å². The maximum absolute atomic E-state index is 12.3. The van der Waals surface area contributed by atoms with Crippen molar-refractivity contribution >= 4 is 11.6 Å². The van der Waals surface area contributed by atoms with Crippen molar-refractivity contribution in [2.75, 3.05) is 11.9 Å². The van der Waals surface area contributed by atoms with Gasteiger partial charge in [0.2, 0.25) is 0 Å². The van der Waals surface area contributed by atoms with Gasteiger partial charge in [0, 0.05) is 5.69 Å². The number of ether oxygens (including phenoxy) is 2. The third-order valence-electron chi connectivity index (χ3n) is 3.66. The molecule has 4 nitrogen and oxygen atoms in total. The number of amides is 1. The fourth-order valence-corrected chi connectivity index (χ4v) is 2.14. The average Bonchev–Trinajstić information content (AvgIpc) is 2.54. The van der Waals surface area contributed by atoms with E-state index in [0.29, 0.717) is 6.61 Å². The number of benzene rings is 2. The molecule has 2 aromatic rings. The van der Waals surface area contributed by atoms with Crippen molar-refractivity contribution in [1.29, 1.82) is 0 Å². The van der Waals surface area contributed by atoms with E-state index in [-0.39, 0.29) is 5.91 Å². The lowest BCUT2D eigenvalue weighted by atomic mass is 10.1. The maximum atomic E-state index is 12.3. The maximum Gasteiger partial charge on any atom is 0.265 e. The number of anilines is 1. The summed E-state index contributed by atoms with van der Waals surface area (Å²) in [6.45, 7) is 8.30. The Labute approximate surface area is 137 Å². The second-order valence-electron chi connectivity index (χ2n) is 5.40. The van der Waals surface area contributed by atoms with Crippen LogP contribution in [0.1, 0.15) is 25.0 Å². The predicted molar refractivity (Wildman–Crippen MR) is 92.2 cm³/mol. The first kappa shape index (κ1) is 16.9. The van der Waals surface area contributed by atoms with Crippen LogP contribution in [0, 0.1) is 13.8 Å². The molecule has 1 N–H and O–H groups in total. The predicted octanol–water partition coefficient (Wildman–Crippen LogP) is 4.11. The zero-order chi connectivity index (χ0) is 16.8. The lowest BCUT2D eigenvalue weighted by molar-refractivity contribution is -0.122. The number of hydrogen-bond donors (Lipinski definition) is 1. The summed E-state index contributed by atoms with van der Waals surface area (Å²) in [6.07, 6.45) is -0.581. The molecule has 1 amide bonds. The monoisotopic (exact) mass is 313 g/mol. The van der Waals surface area contributed by atoms with E-state index in [9.17, 15) is 4.79 Å². The van der Waals surface area contributed by atoms with Gasteiger partial charge in [-0.15, -0.1) is 0 Å². The lowest BCUT2D eigenvalue weighted by Crippen LogP contribution is -2.30. The fourth-order valence-electron chi connectivity index (χ4n) is 2.14. The third-order valence-corrected chi connectivity index (χ3v) is 3.66. The van der Waals surface area contributed by atoms with Crippen molar-refractivity contribution in [3.63, 3.8) is 0 Å². The topological polar surface area (TPSA) is 47.6 Å². The van der Waals surface area contributed by atoms with Crippen LogP contribution in [0.2, 0.25) is 0 Å². The molecule has 122 valence electrons. The van der Waals surface area contributed by atoms with E-state index < -0.39 is 6.10 Å². The molecule has 4 heteroatoms. The summed E-state index contributed by atoms with van der Waals surface area (Å²) in [5.74, 6) is 1.33. The lowest BCUT2D eigenvalue weighted by Gasteiger charge is -2.17. The molecule has 0 unspecified atom stereocenters. The summed E-state index contributed by atoms with van der Waals surface area (Å²) < 4.78 is 11.2. The van der Waals surface area contributed by atoms with Crippen LogP contribution >= 0.6 is 0 Å². The highest BCUT2D eigenvalue weighted by atomic mass is 16.5. The van der Waals surface area contributed by atoms with E-state index in [4.69, 9.17) is 9.47 Å². The third kappa shape index (κ3) is 4.49. The van der Waals surface area contributed by atoms with Crippen molar-refractivity contribution in [2.45, 2.75) is 33.8 Å². The second-order valence-corrected chi connectivity index (χ2v) is 5.40. The SMILES string of the molecule is CCOc1ccc(NC(=O)[C@H](C)Oc2cccc(C)c2C)cc1. The van der Waals surface area contributed by atoms with E-state index in [2.05, 4.69) is 5.32 Å². The van der Waals surface area contributed by atoms with E-state index >= 15 is 0 Å². The summed E-state index contributed by atoms with van der Waals surface area (Å²) in [4.78, 5) is 12.3. The fraction of sp³-hybridized carbons (Fsp3) is 0.316. The largest absolute Gasteiger partial charge is 0.494 e. The molecule has 0 fully saturated rings.